The van der Waals surface area contributed by atoms with Gasteiger partial charge in [-0.3, -0.25) is 4.79 Å². The van der Waals surface area contributed by atoms with Crippen LogP contribution in [0.4, 0.5) is 5.69 Å². The lowest BCUT2D eigenvalue weighted by Crippen LogP contribution is -2.16. The van der Waals surface area contributed by atoms with Gasteiger partial charge < -0.3 is 10.7 Å². The summed E-state index contributed by atoms with van der Waals surface area (Å²) in [4.78, 5) is 15.0. The van der Waals surface area contributed by atoms with Gasteiger partial charge in [0, 0.05) is 27.8 Å². The van der Waals surface area contributed by atoms with Gasteiger partial charge >= 0.3 is 0 Å². The highest BCUT2D eigenvalue weighted by Gasteiger charge is 2.19. The van der Waals surface area contributed by atoms with E-state index in [0.717, 1.165) is 22.2 Å². The van der Waals surface area contributed by atoms with Crippen LogP contribution in [0, 0.1) is 0 Å². The molecule has 2 aromatic rings. The van der Waals surface area contributed by atoms with Crippen LogP contribution in [0.5, 0.6) is 0 Å². The summed E-state index contributed by atoms with van der Waals surface area (Å²) >= 11 is 0. The summed E-state index contributed by atoms with van der Waals surface area (Å²) < 4.78 is 0. The van der Waals surface area contributed by atoms with Gasteiger partial charge in [0.1, 0.15) is 0 Å². The van der Waals surface area contributed by atoms with E-state index in [4.69, 9.17) is 5.73 Å². The number of carbonyl (C=O) groups is 1. The number of nitrogen functional groups attached to an aromatic ring is 1. The Kier molecular flexibility index (Phi) is 1.82. The molecule has 0 atom stereocenters. The highest BCUT2D eigenvalue weighted by molar-refractivity contribution is 6.16. The van der Waals surface area contributed by atoms with Crippen molar-refractivity contribution >= 4 is 34.8 Å². The molecule has 0 saturated heterocycles. The van der Waals surface area contributed by atoms with Gasteiger partial charge in [-0.25, -0.2) is 5.43 Å². The summed E-state index contributed by atoms with van der Waals surface area (Å²) in [5.41, 5.74) is 11.8. The van der Waals surface area contributed by atoms with Crippen LogP contribution in [-0.4, -0.2) is 17.1 Å². The van der Waals surface area contributed by atoms with Crippen molar-refractivity contribution in [2.24, 2.45) is 5.10 Å². The number of benzene rings is 1. The number of H-pyrrole nitrogens is 1. The Balaban J connectivity index is 2.53. The van der Waals surface area contributed by atoms with Gasteiger partial charge in [-0.1, -0.05) is 6.58 Å². The van der Waals surface area contributed by atoms with Crippen molar-refractivity contribution in [2.75, 3.05) is 5.73 Å². The molecule has 0 radical (unpaired) electrons. The summed E-state index contributed by atoms with van der Waals surface area (Å²) in [5, 5.41) is 4.70. The minimum Gasteiger partial charge on any atom is -0.399 e. The van der Waals surface area contributed by atoms with Crippen molar-refractivity contribution in [3.63, 3.8) is 0 Å². The summed E-state index contributed by atoms with van der Waals surface area (Å²) in [7, 11) is 0. The molecule has 2 heterocycles. The van der Waals surface area contributed by atoms with Crippen LogP contribution in [0.2, 0.25) is 0 Å². The van der Waals surface area contributed by atoms with Gasteiger partial charge in [0.15, 0.2) is 0 Å². The Bertz CT molecular complexity index is 681. The number of nitrogens with two attached hydrogens (primary N) is 1. The minimum absolute atomic E-state index is 0.257. The van der Waals surface area contributed by atoms with Crippen molar-refractivity contribution in [1.82, 2.24) is 10.4 Å². The molecule has 84 valence electrons. The SMILES string of the molecule is C=Cc1[nH]c2cc(N)cc3c2c1C=NNC3=O. The Morgan fingerprint density at radius 1 is 1.41 bits per heavy atom. The first kappa shape index (κ1) is 9.65. The number of nitrogens with one attached hydrogen (secondary N) is 2. The first-order valence-corrected chi connectivity index (χ1v) is 5.11. The third-order valence-corrected chi connectivity index (χ3v) is 2.80. The number of hydrogen-bond acceptors (Lipinski definition) is 3. The Morgan fingerprint density at radius 3 is 3.00 bits per heavy atom. The van der Waals surface area contributed by atoms with Crippen LogP contribution in [0.3, 0.4) is 0 Å². The molecule has 0 fully saturated rings. The zero-order valence-corrected chi connectivity index (χ0v) is 8.95. The smallest absolute Gasteiger partial charge is 0.272 e. The highest BCUT2D eigenvalue weighted by atomic mass is 16.2. The molecule has 0 aliphatic carbocycles. The molecule has 1 aliphatic rings. The molecule has 0 saturated carbocycles. The lowest BCUT2D eigenvalue weighted by molar-refractivity contribution is 0.0957. The van der Waals surface area contributed by atoms with E-state index >= 15 is 0 Å². The number of carbonyl (C=O) groups excluding carboxylic acids is 1. The summed E-state index contributed by atoms with van der Waals surface area (Å²) in [6.07, 6.45) is 3.30. The molecular weight excluding hydrogens is 216 g/mol. The second-order valence-corrected chi connectivity index (χ2v) is 3.85. The Hall–Kier alpha value is -2.56. The first-order valence-electron chi connectivity index (χ1n) is 5.11. The first-order chi connectivity index (χ1) is 8.20. The van der Waals surface area contributed by atoms with Gasteiger partial charge in [0.25, 0.3) is 5.91 Å². The zero-order valence-electron chi connectivity index (χ0n) is 8.95. The predicted molar refractivity (Wildman–Crippen MR) is 67.9 cm³/mol. The molecule has 0 spiro atoms. The fourth-order valence-electron chi connectivity index (χ4n) is 2.09. The van der Waals surface area contributed by atoms with Crippen molar-refractivity contribution < 1.29 is 4.79 Å². The highest BCUT2D eigenvalue weighted by Crippen LogP contribution is 2.29. The average Bonchev–Trinajstić information content (AvgIpc) is 2.56. The molecule has 1 amide bonds. The number of anilines is 1. The maximum atomic E-state index is 11.8. The van der Waals surface area contributed by atoms with E-state index in [1.165, 1.54) is 0 Å². The molecule has 5 nitrogen and oxygen atoms in total. The molecule has 1 aromatic carbocycles. The number of rotatable bonds is 1. The maximum absolute atomic E-state index is 11.8. The monoisotopic (exact) mass is 226 g/mol. The zero-order chi connectivity index (χ0) is 12.0. The van der Waals surface area contributed by atoms with Gasteiger partial charge in [-0.05, 0) is 18.2 Å². The topological polar surface area (TPSA) is 83.3 Å². The molecule has 0 unspecified atom stereocenters. The van der Waals surface area contributed by atoms with Crippen molar-refractivity contribution in [1.29, 1.82) is 0 Å². The quantitative estimate of drug-likeness (QED) is 0.643. The van der Waals surface area contributed by atoms with E-state index in [1.807, 2.05) is 0 Å². The standard InChI is InChI=1S/C12H10N4O/c1-2-9-8-5-14-16-12(17)7-3-6(13)4-10(15-9)11(7)8/h2-5,15H,1,13H2,(H,16,17). The number of hydrazone groups is 1. The summed E-state index contributed by atoms with van der Waals surface area (Å²) in [5.74, 6) is -0.257. The van der Waals surface area contributed by atoms with Crippen molar-refractivity contribution in [3.05, 3.63) is 35.5 Å². The molecule has 0 bridgehead atoms. The van der Waals surface area contributed by atoms with Gasteiger partial charge in [0.2, 0.25) is 0 Å². The number of hydrogen-bond donors (Lipinski definition) is 3. The maximum Gasteiger partial charge on any atom is 0.272 e. The molecule has 3 rings (SSSR count). The number of aromatic amines is 1. The fourth-order valence-corrected chi connectivity index (χ4v) is 2.09. The lowest BCUT2D eigenvalue weighted by Gasteiger charge is -2.02. The van der Waals surface area contributed by atoms with Crippen LogP contribution in [0.15, 0.2) is 23.8 Å². The predicted octanol–water partition coefficient (Wildman–Crippen LogP) is 1.47. The van der Waals surface area contributed by atoms with Crippen LogP contribution < -0.4 is 11.2 Å². The van der Waals surface area contributed by atoms with E-state index in [-0.39, 0.29) is 5.91 Å². The average molecular weight is 226 g/mol. The molecule has 5 heteroatoms. The third-order valence-electron chi connectivity index (χ3n) is 2.80. The number of nitrogens with zero attached hydrogens (tertiary/aromatic N) is 1. The van der Waals surface area contributed by atoms with Crippen LogP contribution in [0.25, 0.3) is 17.0 Å². The minimum atomic E-state index is -0.257. The van der Waals surface area contributed by atoms with E-state index in [0.29, 0.717) is 11.3 Å². The van der Waals surface area contributed by atoms with Crippen molar-refractivity contribution in [3.8, 4) is 0 Å². The second kappa shape index (κ2) is 3.21. The van der Waals surface area contributed by atoms with Gasteiger partial charge in [-0.2, -0.15) is 5.10 Å². The van der Waals surface area contributed by atoms with Gasteiger partial charge in [-0.15, -0.1) is 0 Å². The Labute approximate surface area is 97.0 Å². The number of aromatic nitrogens is 1. The van der Waals surface area contributed by atoms with E-state index in [1.54, 1.807) is 24.4 Å². The van der Waals surface area contributed by atoms with Crippen LogP contribution in [-0.2, 0) is 0 Å². The summed E-state index contributed by atoms with van der Waals surface area (Å²) in [6.45, 7) is 3.73. The molecule has 4 N–H and O–H groups in total. The van der Waals surface area contributed by atoms with Crippen molar-refractivity contribution in [2.45, 2.75) is 0 Å². The van der Waals surface area contributed by atoms with Gasteiger partial charge in [0.05, 0.1) is 11.8 Å². The third kappa shape index (κ3) is 1.25. The van der Waals surface area contributed by atoms with E-state index in [9.17, 15) is 4.79 Å². The Morgan fingerprint density at radius 2 is 2.24 bits per heavy atom. The van der Waals surface area contributed by atoms with E-state index < -0.39 is 0 Å². The van der Waals surface area contributed by atoms with Crippen LogP contribution in [0.1, 0.15) is 21.6 Å². The molecule has 1 aliphatic heterocycles. The lowest BCUT2D eigenvalue weighted by atomic mass is 10.0. The molecule has 1 aromatic heterocycles. The normalized spacial score (nSPS) is 13.5. The van der Waals surface area contributed by atoms with E-state index in [2.05, 4.69) is 22.1 Å². The largest absolute Gasteiger partial charge is 0.399 e. The summed E-state index contributed by atoms with van der Waals surface area (Å²) in [6, 6.07) is 3.44. The second-order valence-electron chi connectivity index (χ2n) is 3.85. The number of amides is 1. The molecular formula is C12H10N4O. The molecule has 17 heavy (non-hydrogen) atoms. The fraction of sp³-hybridized carbons (Fsp3) is 0. The van der Waals surface area contributed by atoms with Crippen LogP contribution >= 0.6 is 0 Å².